The van der Waals surface area contributed by atoms with Crippen LogP contribution in [0.2, 0.25) is 0 Å². The van der Waals surface area contributed by atoms with Crippen molar-refractivity contribution >= 4 is 0 Å². The number of hydrogen-bond acceptors (Lipinski definition) is 1. The van der Waals surface area contributed by atoms with Crippen LogP contribution in [0.15, 0.2) is 24.3 Å². The standard InChI is InChI=1S/C16H22F3N/c1-11(20-14-5-4-10-15(14,2)3)12-6-8-13(9-7-12)16(17,18)19/h6-9,11,14,20H,4-5,10H2,1-3H3. The Kier molecular flexibility index (Phi) is 4.14. The molecule has 2 unspecified atom stereocenters. The normalized spacial score (nSPS) is 23.8. The molecule has 112 valence electrons. The summed E-state index contributed by atoms with van der Waals surface area (Å²) in [4.78, 5) is 0. The highest BCUT2D eigenvalue weighted by molar-refractivity contribution is 5.26. The third-order valence-electron chi connectivity index (χ3n) is 4.45. The highest BCUT2D eigenvalue weighted by atomic mass is 19.4. The maximum absolute atomic E-state index is 12.5. The van der Waals surface area contributed by atoms with Crippen molar-refractivity contribution in [2.45, 2.75) is 58.3 Å². The van der Waals surface area contributed by atoms with E-state index in [0.29, 0.717) is 6.04 Å². The lowest BCUT2D eigenvalue weighted by atomic mass is 9.86. The van der Waals surface area contributed by atoms with Crippen LogP contribution in [0.1, 0.15) is 57.2 Å². The van der Waals surface area contributed by atoms with Crippen LogP contribution in [0.25, 0.3) is 0 Å². The van der Waals surface area contributed by atoms with Gasteiger partial charge in [0.2, 0.25) is 0 Å². The molecule has 20 heavy (non-hydrogen) atoms. The van der Waals surface area contributed by atoms with Crippen molar-refractivity contribution in [3.8, 4) is 0 Å². The Morgan fingerprint density at radius 1 is 1.20 bits per heavy atom. The molecule has 1 aromatic rings. The molecule has 0 saturated heterocycles. The Bertz CT molecular complexity index is 448. The van der Waals surface area contributed by atoms with Gasteiger partial charge in [-0.2, -0.15) is 13.2 Å². The summed E-state index contributed by atoms with van der Waals surface area (Å²) in [6.07, 6.45) is -0.713. The smallest absolute Gasteiger partial charge is 0.307 e. The molecule has 0 heterocycles. The lowest BCUT2D eigenvalue weighted by Gasteiger charge is -2.31. The zero-order valence-corrected chi connectivity index (χ0v) is 12.2. The second kappa shape index (κ2) is 5.40. The molecule has 0 aliphatic heterocycles. The summed E-state index contributed by atoms with van der Waals surface area (Å²) in [6.45, 7) is 6.51. The molecule has 0 bridgehead atoms. The molecule has 1 fully saturated rings. The highest BCUT2D eigenvalue weighted by Crippen LogP contribution is 2.38. The van der Waals surface area contributed by atoms with E-state index in [1.54, 1.807) is 12.1 Å². The van der Waals surface area contributed by atoms with Gasteiger partial charge in [-0.3, -0.25) is 0 Å². The zero-order valence-electron chi connectivity index (χ0n) is 12.2. The molecule has 1 saturated carbocycles. The number of alkyl halides is 3. The van der Waals surface area contributed by atoms with E-state index in [1.165, 1.54) is 12.8 Å². The van der Waals surface area contributed by atoms with Gasteiger partial charge in [0.15, 0.2) is 0 Å². The van der Waals surface area contributed by atoms with Crippen LogP contribution in [-0.2, 0) is 6.18 Å². The topological polar surface area (TPSA) is 12.0 Å². The van der Waals surface area contributed by atoms with Crippen molar-refractivity contribution in [1.29, 1.82) is 0 Å². The third kappa shape index (κ3) is 3.35. The minimum Gasteiger partial charge on any atom is -0.307 e. The quantitative estimate of drug-likeness (QED) is 0.830. The largest absolute Gasteiger partial charge is 0.416 e. The van der Waals surface area contributed by atoms with Crippen molar-refractivity contribution in [3.63, 3.8) is 0 Å². The van der Waals surface area contributed by atoms with Crippen molar-refractivity contribution < 1.29 is 13.2 Å². The molecule has 1 nitrogen and oxygen atoms in total. The van der Waals surface area contributed by atoms with Crippen LogP contribution in [0, 0.1) is 5.41 Å². The van der Waals surface area contributed by atoms with Crippen LogP contribution in [0.5, 0.6) is 0 Å². The summed E-state index contributed by atoms with van der Waals surface area (Å²) in [6, 6.07) is 5.96. The molecule has 0 amide bonds. The Morgan fingerprint density at radius 3 is 2.25 bits per heavy atom. The predicted molar refractivity (Wildman–Crippen MR) is 74.4 cm³/mol. The van der Waals surface area contributed by atoms with E-state index >= 15 is 0 Å². The van der Waals surface area contributed by atoms with Gasteiger partial charge in [0.05, 0.1) is 5.56 Å². The van der Waals surface area contributed by atoms with Gasteiger partial charge in [-0.15, -0.1) is 0 Å². The van der Waals surface area contributed by atoms with E-state index in [2.05, 4.69) is 19.2 Å². The highest BCUT2D eigenvalue weighted by Gasteiger charge is 2.35. The fraction of sp³-hybridized carbons (Fsp3) is 0.625. The Labute approximate surface area is 118 Å². The molecule has 0 aromatic heterocycles. The molecule has 4 heteroatoms. The lowest BCUT2D eigenvalue weighted by Crippen LogP contribution is -2.39. The van der Waals surface area contributed by atoms with Gasteiger partial charge < -0.3 is 5.32 Å². The van der Waals surface area contributed by atoms with E-state index in [0.717, 1.165) is 24.1 Å². The fourth-order valence-electron chi connectivity index (χ4n) is 2.99. The van der Waals surface area contributed by atoms with E-state index < -0.39 is 11.7 Å². The summed E-state index contributed by atoms with van der Waals surface area (Å²) in [5.74, 6) is 0. The summed E-state index contributed by atoms with van der Waals surface area (Å²) < 4.78 is 37.6. The molecule has 0 radical (unpaired) electrons. The Balaban J connectivity index is 2.04. The average molecular weight is 285 g/mol. The fourth-order valence-corrected chi connectivity index (χ4v) is 2.99. The van der Waals surface area contributed by atoms with Crippen molar-refractivity contribution in [1.82, 2.24) is 5.32 Å². The van der Waals surface area contributed by atoms with Gasteiger partial charge in [-0.1, -0.05) is 32.4 Å². The maximum Gasteiger partial charge on any atom is 0.416 e. The molecule has 1 aliphatic rings. The van der Waals surface area contributed by atoms with E-state index in [1.807, 2.05) is 6.92 Å². The first-order valence-corrected chi connectivity index (χ1v) is 7.13. The van der Waals surface area contributed by atoms with Gasteiger partial charge in [0.25, 0.3) is 0 Å². The first kappa shape index (κ1) is 15.4. The van der Waals surface area contributed by atoms with Gasteiger partial charge in [0, 0.05) is 12.1 Å². The van der Waals surface area contributed by atoms with E-state index in [-0.39, 0.29) is 11.5 Å². The summed E-state index contributed by atoms with van der Waals surface area (Å²) in [5, 5.41) is 3.56. The van der Waals surface area contributed by atoms with Crippen LogP contribution in [0.3, 0.4) is 0 Å². The van der Waals surface area contributed by atoms with E-state index in [9.17, 15) is 13.2 Å². The number of benzene rings is 1. The minimum absolute atomic E-state index is 0.0691. The summed E-state index contributed by atoms with van der Waals surface area (Å²) in [7, 11) is 0. The molecule has 2 rings (SSSR count). The van der Waals surface area contributed by atoms with E-state index in [4.69, 9.17) is 0 Å². The Hall–Kier alpha value is -1.03. The number of halogens is 3. The molecule has 1 aromatic carbocycles. The monoisotopic (exact) mass is 285 g/mol. The van der Waals surface area contributed by atoms with Crippen molar-refractivity contribution in [3.05, 3.63) is 35.4 Å². The average Bonchev–Trinajstić information content (AvgIpc) is 2.68. The molecular formula is C16H22F3N. The number of nitrogens with one attached hydrogen (secondary N) is 1. The van der Waals surface area contributed by atoms with Gasteiger partial charge >= 0.3 is 6.18 Å². The number of rotatable bonds is 3. The van der Waals surface area contributed by atoms with Crippen molar-refractivity contribution in [2.75, 3.05) is 0 Å². The summed E-state index contributed by atoms with van der Waals surface area (Å²) >= 11 is 0. The number of hydrogen-bond donors (Lipinski definition) is 1. The predicted octanol–water partition coefficient (Wildman–Crippen LogP) is 4.93. The summed E-state index contributed by atoms with van der Waals surface area (Å²) in [5.41, 5.74) is 0.579. The molecule has 1 aliphatic carbocycles. The van der Waals surface area contributed by atoms with Crippen molar-refractivity contribution in [2.24, 2.45) is 5.41 Å². The zero-order chi connectivity index (χ0) is 15.0. The van der Waals surface area contributed by atoms with Crippen LogP contribution < -0.4 is 5.32 Å². The molecule has 0 spiro atoms. The van der Waals surface area contributed by atoms with Crippen LogP contribution in [0.4, 0.5) is 13.2 Å². The molecule has 1 N–H and O–H groups in total. The first-order valence-electron chi connectivity index (χ1n) is 7.13. The van der Waals surface area contributed by atoms with Crippen LogP contribution >= 0.6 is 0 Å². The van der Waals surface area contributed by atoms with Gasteiger partial charge in [-0.25, -0.2) is 0 Å². The van der Waals surface area contributed by atoms with Gasteiger partial charge in [-0.05, 0) is 42.9 Å². The van der Waals surface area contributed by atoms with Crippen LogP contribution in [-0.4, -0.2) is 6.04 Å². The second-order valence-electron chi connectivity index (χ2n) is 6.44. The third-order valence-corrected chi connectivity index (χ3v) is 4.45. The van der Waals surface area contributed by atoms with Gasteiger partial charge in [0.1, 0.15) is 0 Å². The SMILES string of the molecule is CC(NC1CCCC1(C)C)c1ccc(C(F)(F)F)cc1. The maximum atomic E-state index is 12.5. The lowest BCUT2D eigenvalue weighted by molar-refractivity contribution is -0.137. The Morgan fingerprint density at radius 2 is 1.80 bits per heavy atom. The first-order chi connectivity index (χ1) is 9.20. The second-order valence-corrected chi connectivity index (χ2v) is 6.44. The molecule has 2 atom stereocenters. The molecular weight excluding hydrogens is 263 g/mol. The minimum atomic E-state index is -4.26.